The maximum absolute atomic E-state index is 11.5. The van der Waals surface area contributed by atoms with Crippen molar-refractivity contribution in [3.05, 3.63) is 28.5 Å². The fraction of sp³-hybridized carbons (Fsp3) is 0.222. The number of hydrogen-bond acceptors (Lipinski definition) is 3. The minimum Gasteiger partial charge on any atom is -0.339 e. The first-order valence-electron chi connectivity index (χ1n) is 4.36. The largest absolute Gasteiger partial charge is 0.339 e. The summed E-state index contributed by atoms with van der Waals surface area (Å²) in [4.78, 5) is 19.5. The summed E-state index contributed by atoms with van der Waals surface area (Å²) in [5.41, 5.74) is 0.675. The molecule has 1 aromatic rings. The van der Waals surface area contributed by atoms with Gasteiger partial charge in [-0.1, -0.05) is 0 Å². The summed E-state index contributed by atoms with van der Waals surface area (Å²) in [5, 5.41) is 5.55. The van der Waals surface area contributed by atoms with E-state index in [0.29, 0.717) is 11.7 Å². The normalized spacial score (nSPS) is 22.7. The lowest BCUT2D eigenvalue weighted by atomic mass is 10.2. The molecule has 0 bridgehead atoms. The van der Waals surface area contributed by atoms with Crippen molar-refractivity contribution in [3.63, 3.8) is 0 Å². The van der Waals surface area contributed by atoms with Crippen LogP contribution in [0.3, 0.4) is 0 Å². The second kappa shape index (κ2) is 3.98. The first-order valence-corrected chi connectivity index (χ1v) is 5.15. The van der Waals surface area contributed by atoms with Crippen molar-refractivity contribution >= 4 is 27.8 Å². The second-order valence-corrected chi connectivity index (χ2v) is 3.96. The van der Waals surface area contributed by atoms with Gasteiger partial charge in [-0.2, -0.15) is 0 Å². The quantitative estimate of drug-likeness (QED) is 0.784. The number of nitrogens with zero attached hydrogens (tertiary/aromatic N) is 2. The molecule has 15 heavy (non-hydrogen) atoms. The molecule has 6 heteroatoms. The van der Waals surface area contributed by atoms with Gasteiger partial charge in [-0.3, -0.25) is 20.1 Å². The summed E-state index contributed by atoms with van der Waals surface area (Å²) in [6.45, 7) is 0. The van der Waals surface area contributed by atoms with E-state index in [-0.39, 0.29) is 5.91 Å². The molecule has 78 valence electrons. The van der Waals surface area contributed by atoms with Gasteiger partial charge in [0.15, 0.2) is 12.0 Å². The van der Waals surface area contributed by atoms with Gasteiger partial charge in [0.1, 0.15) is 0 Å². The van der Waals surface area contributed by atoms with Gasteiger partial charge in [-0.25, -0.2) is 0 Å². The topological polar surface area (TPSA) is 66.4 Å². The van der Waals surface area contributed by atoms with E-state index in [1.807, 2.05) is 6.07 Å². The van der Waals surface area contributed by atoms with Gasteiger partial charge in [0.05, 0.1) is 5.69 Å². The van der Waals surface area contributed by atoms with Crippen LogP contribution in [-0.4, -0.2) is 23.9 Å². The number of aliphatic imine (C=N–C) groups is 1. The minimum absolute atomic E-state index is 0.134. The zero-order valence-electron chi connectivity index (χ0n) is 7.99. The third-order valence-electron chi connectivity index (χ3n) is 2.05. The lowest BCUT2D eigenvalue weighted by Crippen LogP contribution is -2.24. The summed E-state index contributed by atoms with van der Waals surface area (Å²) in [6.07, 6.45) is 1.66. The summed E-state index contributed by atoms with van der Waals surface area (Å²) in [7, 11) is 1.61. The van der Waals surface area contributed by atoms with Crippen molar-refractivity contribution in [3.8, 4) is 0 Å². The van der Waals surface area contributed by atoms with Crippen molar-refractivity contribution in [2.75, 3.05) is 7.05 Å². The molecule has 1 atom stereocenters. The van der Waals surface area contributed by atoms with E-state index in [1.54, 1.807) is 19.3 Å². The lowest BCUT2D eigenvalue weighted by molar-refractivity contribution is -0.120. The standard InChI is InChI=1S/C9H9BrN4O/c1-11-9-13-7(8(15)14-9)6-3-2-5(10)4-12-6/h2-4,7H,1H3,(H2,11,13,14,15). The molecule has 1 unspecified atom stereocenters. The molecule has 2 heterocycles. The van der Waals surface area contributed by atoms with Gasteiger partial charge < -0.3 is 5.32 Å². The van der Waals surface area contributed by atoms with Crippen molar-refractivity contribution in [2.45, 2.75) is 6.04 Å². The molecule has 1 saturated heterocycles. The molecule has 0 radical (unpaired) electrons. The molecule has 1 aliphatic heterocycles. The number of amides is 1. The smallest absolute Gasteiger partial charge is 0.255 e. The molecule has 1 amide bonds. The molecule has 2 rings (SSSR count). The Hall–Kier alpha value is -1.43. The van der Waals surface area contributed by atoms with E-state index < -0.39 is 6.04 Å². The third-order valence-corrected chi connectivity index (χ3v) is 2.52. The van der Waals surface area contributed by atoms with Crippen LogP contribution in [0.1, 0.15) is 11.7 Å². The number of rotatable bonds is 1. The van der Waals surface area contributed by atoms with Crippen molar-refractivity contribution in [1.29, 1.82) is 0 Å². The predicted molar refractivity (Wildman–Crippen MR) is 59.3 cm³/mol. The Labute approximate surface area is 95.1 Å². The Morgan fingerprint density at radius 2 is 2.33 bits per heavy atom. The first-order chi connectivity index (χ1) is 7.20. The highest BCUT2D eigenvalue weighted by molar-refractivity contribution is 9.10. The summed E-state index contributed by atoms with van der Waals surface area (Å²) < 4.78 is 0.883. The van der Waals surface area contributed by atoms with Crippen LogP contribution in [-0.2, 0) is 4.79 Å². The van der Waals surface area contributed by atoms with Gasteiger partial charge in [-0.15, -0.1) is 0 Å². The maximum Gasteiger partial charge on any atom is 0.255 e. The molecular formula is C9H9BrN4O. The van der Waals surface area contributed by atoms with E-state index in [0.717, 1.165) is 4.47 Å². The Kier molecular flexibility index (Phi) is 2.68. The zero-order chi connectivity index (χ0) is 10.8. The number of halogens is 1. The Bertz CT molecular complexity index is 415. The molecule has 1 aliphatic rings. The van der Waals surface area contributed by atoms with Crippen LogP contribution in [0.2, 0.25) is 0 Å². The lowest BCUT2D eigenvalue weighted by Gasteiger charge is -2.06. The Morgan fingerprint density at radius 3 is 2.87 bits per heavy atom. The van der Waals surface area contributed by atoms with Crippen LogP contribution in [0.25, 0.3) is 0 Å². The van der Waals surface area contributed by atoms with Crippen LogP contribution in [0, 0.1) is 0 Å². The van der Waals surface area contributed by atoms with E-state index in [1.165, 1.54) is 0 Å². The average molecular weight is 269 g/mol. The number of carbonyl (C=O) groups is 1. The molecule has 0 saturated carbocycles. The highest BCUT2D eigenvalue weighted by atomic mass is 79.9. The fourth-order valence-corrected chi connectivity index (χ4v) is 1.55. The molecule has 0 aromatic carbocycles. The number of nitrogens with one attached hydrogen (secondary N) is 2. The second-order valence-electron chi connectivity index (χ2n) is 3.04. The number of hydrogen-bond donors (Lipinski definition) is 2. The summed E-state index contributed by atoms with van der Waals surface area (Å²) in [5.74, 6) is 0.347. The molecule has 1 aromatic heterocycles. The molecule has 0 aliphatic carbocycles. The van der Waals surface area contributed by atoms with Crippen molar-refractivity contribution in [1.82, 2.24) is 15.6 Å². The number of aromatic nitrogens is 1. The highest BCUT2D eigenvalue weighted by Crippen LogP contribution is 2.16. The van der Waals surface area contributed by atoms with Crippen LogP contribution < -0.4 is 10.6 Å². The van der Waals surface area contributed by atoms with Crippen LogP contribution >= 0.6 is 15.9 Å². The average Bonchev–Trinajstić information content (AvgIpc) is 2.61. The van der Waals surface area contributed by atoms with E-state index >= 15 is 0 Å². The first kappa shape index (κ1) is 10.1. The Morgan fingerprint density at radius 1 is 1.53 bits per heavy atom. The summed E-state index contributed by atoms with van der Waals surface area (Å²) in [6, 6.07) is 3.19. The number of carbonyl (C=O) groups excluding carboxylic acids is 1. The predicted octanol–water partition coefficient (Wildman–Crippen LogP) is 0.590. The molecule has 2 N–H and O–H groups in total. The van der Waals surface area contributed by atoms with Crippen LogP contribution in [0.5, 0.6) is 0 Å². The third kappa shape index (κ3) is 1.99. The SMILES string of the molecule is CN=C1NC(=O)C(c2ccc(Br)cn2)N1. The highest BCUT2D eigenvalue weighted by Gasteiger charge is 2.30. The van der Waals surface area contributed by atoms with Crippen molar-refractivity contribution < 1.29 is 4.79 Å². The molecular weight excluding hydrogens is 260 g/mol. The molecule has 5 nitrogen and oxygen atoms in total. The number of guanidine groups is 1. The van der Waals surface area contributed by atoms with Crippen molar-refractivity contribution in [2.24, 2.45) is 4.99 Å². The van der Waals surface area contributed by atoms with Gasteiger partial charge in [0, 0.05) is 17.7 Å². The van der Waals surface area contributed by atoms with Crippen LogP contribution in [0.15, 0.2) is 27.8 Å². The van der Waals surface area contributed by atoms with E-state index in [9.17, 15) is 4.79 Å². The Balaban J connectivity index is 2.25. The monoisotopic (exact) mass is 268 g/mol. The minimum atomic E-state index is -0.447. The van der Waals surface area contributed by atoms with Gasteiger partial charge in [0.2, 0.25) is 0 Å². The molecule has 0 spiro atoms. The number of pyridine rings is 1. The van der Waals surface area contributed by atoms with E-state index in [2.05, 4.69) is 36.5 Å². The summed E-state index contributed by atoms with van der Waals surface area (Å²) >= 11 is 3.29. The van der Waals surface area contributed by atoms with Gasteiger partial charge in [-0.05, 0) is 28.1 Å². The maximum atomic E-state index is 11.5. The molecule has 1 fully saturated rings. The van der Waals surface area contributed by atoms with E-state index in [4.69, 9.17) is 0 Å². The van der Waals surface area contributed by atoms with Gasteiger partial charge >= 0.3 is 0 Å². The zero-order valence-corrected chi connectivity index (χ0v) is 9.58. The fourth-order valence-electron chi connectivity index (χ4n) is 1.31. The van der Waals surface area contributed by atoms with Gasteiger partial charge in [0.25, 0.3) is 5.91 Å². The van der Waals surface area contributed by atoms with Crippen LogP contribution in [0.4, 0.5) is 0 Å².